The van der Waals surface area contributed by atoms with E-state index in [-0.39, 0.29) is 17.2 Å². The second-order valence-corrected chi connectivity index (χ2v) is 4.56. The minimum atomic E-state index is -0.473. The van der Waals surface area contributed by atoms with Gasteiger partial charge in [0.1, 0.15) is 11.6 Å². The molecule has 1 amide bonds. The van der Waals surface area contributed by atoms with Crippen LogP contribution in [-0.4, -0.2) is 12.5 Å². The molecule has 110 valence electrons. The highest BCUT2D eigenvalue weighted by Crippen LogP contribution is 2.20. The maximum atomic E-state index is 13.0. The van der Waals surface area contributed by atoms with Gasteiger partial charge in [-0.2, -0.15) is 0 Å². The van der Waals surface area contributed by atoms with Gasteiger partial charge in [-0.15, -0.1) is 0 Å². The first-order valence-corrected chi connectivity index (χ1v) is 6.69. The van der Waals surface area contributed by atoms with Gasteiger partial charge in [-0.1, -0.05) is 13.0 Å². The molecule has 0 fully saturated rings. The molecule has 0 saturated carbocycles. The normalized spacial score (nSPS) is 10.2. The standard InChI is InChI=1S/C16H17FN2O2/c1-2-8-21-13-5-3-4-12(10-13)19-16(20)14-7-6-11(17)9-15(14)18/h3-7,9-10H,2,8,18H2,1H3,(H,19,20). The van der Waals surface area contributed by atoms with Crippen LogP contribution in [0.3, 0.4) is 0 Å². The first-order valence-electron chi connectivity index (χ1n) is 6.69. The van der Waals surface area contributed by atoms with E-state index in [2.05, 4.69) is 5.32 Å². The summed E-state index contributed by atoms with van der Waals surface area (Å²) in [6.07, 6.45) is 0.905. The molecule has 0 aliphatic rings. The monoisotopic (exact) mass is 288 g/mol. The van der Waals surface area contributed by atoms with Gasteiger partial charge >= 0.3 is 0 Å². The van der Waals surface area contributed by atoms with Crippen molar-refractivity contribution in [2.45, 2.75) is 13.3 Å². The van der Waals surface area contributed by atoms with Crippen LogP contribution < -0.4 is 15.8 Å². The topological polar surface area (TPSA) is 64.3 Å². The number of amides is 1. The predicted octanol–water partition coefficient (Wildman–Crippen LogP) is 3.45. The lowest BCUT2D eigenvalue weighted by atomic mass is 10.1. The van der Waals surface area contributed by atoms with Crippen LogP contribution in [0.4, 0.5) is 15.8 Å². The second kappa shape index (κ2) is 6.74. The van der Waals surface area contributed by atoms with Crippen molar-refractivity contribution < 1.29 is 13.9 Å². The summed E-state index contributed by atoms with van der Waals surface area (Å²) >= 11 is 0. The quantitative estimate of drug-likeness (QED) is 0.828. The summed E-state index contributed by atoms with van der Waals surface area (Å²) in [5, 5.41) is 2.71. The molecule has 4 nitrogen and oxygen atoms in total. The number of carbonyl (C=O) groups is 1. The Balaban J connectivity index is 2.12. The average molecular weight is 288 g/mol. The van der Waals surface area contributed by atoms with E-state index in [1.165, 1.54) is 12.1 Å². The Hall–Kier alpha value is -2.56. The fourth-order valence-corrected chi connectivity index (χ4v) is 1.82. The molecule has 2 rings (SSSR count). The number of carbonyl (C=O) groups excluding carboxylic acids is 1. The summed E-state index contributed by atoms with van der Waals surface area (Å²) in [7, 11) is 0. The third-order valence-electron chi connectivity index (χ3n) is 2.82. The molecule has 5 heteroatoms. The first kappa shape index (κ1) is 14.8. The third-order valence-corrected chi connectivity index (χ3v) is 2.82. The molecule has 0 saturated heterocycles. The lowest BCUT2D eigenvalue weighted by Crippen LogP contribution is -2.14. The predicted molar refractivity (Wildman–Crippen MR) is 81.0 cm³/mol. The van der Waals surface area contributed by atoms with Crippen LogP contribution in [0.2, 0.25) is 0 Å². The molecule has 0 atom stereocenters. The SMILES string of the molecule is CCCOc1cccc(NC(=O)c2ccc(F)cc2N)c1. The van der Waals surface area contributed by atoms with Gasteiger partial charge in [0.05, 0.1) is 12.2 Å². The zero-order chi connectivity index (χ0) is 15.2. The number of hydrogen-bond donors (Lipinski definition) is 2. The Morgan fingerprint density at radius 2 is 2.10 bits per heavy atom. The number of anilines is 2. The van der Waals surface area contributed by atoms with Gasteiger partial charge in [-0.3, -0.25) is 4.79 Å². The maximum Gasteiger partial charge on any atom is 0.257 e. The minimum Gasteiger partial charge on any atom is -0.494 e. The number of ether oxygens (including phenoxy) is 1. The van der Waals surface area contributed by atoms with Gasteiger partial charge in [0.15, 0.2) is 0 Å². The molecular formula is C16H17FN2O2. The van der Waals surface area contributed by atoms with Crippen molar-refractivity contribution >= 4 is 17.3 Å². The lowest BCUT2D eigenvalue weighted by molar-refractivity contribution is 0.102. The maximum absolute atomic E-state index is 13.0. The molecule has 2 aromatic rings. The van der Waals surface area contributed by atoms with Crippen LogP contribution in [-0.2, 0) is 0 Å². The van der Waals surface area contributed by atoms with Crippen molar-refractivity contribution in [3.63, 3.8) is 0 Å². The minimum absolute atomic E-state index is 0.103. The van der Waals surface area contributed by atoms with Crippen molar-refractivity contribution in [3.8, 4) is 5.75 Å². The van der Waals surface area contributed by atoms with Crippen LogP contribution in [0, 0.1) is 5.82 Å². The number of nitrogen functional groups attached to an aromatic ring is 1. The van der Waals surface area contributed by atoms with Crippen molar-refractivity contribution in [2.24, 2.45) is 0 Å². The Labute approximate surface area is 122 Å². The molecule has 0 aromatic heterocycles. The number of hydrogen-bond acceptors (Lipinski definition) is 3. The summed E-state index contributed by atoms with van der Waals surface area (Å²) in [6.45, 7) is 2.63. The molecule has 0 aliphatic carbocycles. The van der Waals surface area contributed by atoms with Gasteiger partial charge in [0.25, 0.3) is 5.91 Å². The van der Waals surface area contributed by atoms with E-state index >= 15 is 0 Å². The number of rotatable bonds is 5. The molecule has 0 unspecified atom stereocenters. The molecule has 21 heavy (non-hydrogen) atoms. The Morgan fingerprint density at radius 1 is 1.29 bits per heavy atom. The fraction of sp³-hybridized carbons (Fsp3) is 0.188. The summed E-state index contributed by atoms with van der Waals surface area (Å²) < 4.78 is 18.5. The zero-order valence-electron chi connectivity index (χ0n) is 11.7. The summed E-state index contributed by atoms with van der Waals surface area (Å²) in [5.74, 6) is -0.180. The van der Waals surface area contributed by atoms with E-state index in [9.17, 15) is 9.18 Å². The molecule has 0 bridgehead atoms. The summed E-state index contributed by atoms with van der Waals surface area (Å²) in [6, 6.07) is 10.8. The van der Waals surface area contributed by atoms with Gasteiger partial charge in [0.2, 0.25) is 0 Å². The van der Waals surface area contributed by atoms with Crippen molar-refractivity contribution in [3.05, 3.63) is 53.8 Å². The van der Waals surface area contributed by atoms with Crippen LogP contribution in [0.1, 0.15) is 23.7 Å². The number of nitrogens with one attached hydrogen (secondary N) is 1. The number of halogens is 1. The molecule has 0 radical (unpaired) electrons. The highest BCUT2D eigenvalue weighted by atomic mass is 19.1. The summed E-state index contributed by atoms with van der Waals surface area (Å²) in [4.78, 5) is 12.1. The van der Waals surface area contributed by atoms with Crippen LogP contribution >= 0.6 is 0 Å². The largest absolute Gasteiger partial charge is 0.494 e. The molecule has 2 aromatic carbocycles. The molecule has 3 N–H and O–H groups in total. The molecule has 0 aliphatic heterocycles. The van der Waals surface area contributed by atoms with E-state index in [1.54, 1.807) is 18.2 Å². The zero-order valence-corrected chi connectivity index (χ0v) is 11.7. The van der Waals surface area contributed by atoms with E-state index in [0.717, 1.165) is 12.5 Å². The van der Waals surface area contributed by atoms with Gasteiger partial charge in [-0.05, 0) is 36.8 Å². The van der Waals surface area contributed by atoms with E-state index < -0.39 is 5.82 Å². The first-order chi connectivity index (χ1) is 10.1. The van der Waals surface area contributed by atoms with Gasteiger partial charge in [-0.25, -0.2) is 4.39 Å². The van der Waals surface area contributed by atoms with E-state index in [4.69, 9.17) is 10.5 Å². The average Bonchev–Trinajstić information content (AvgIpc) is 2.45. The molecule has 0 spiro atoms. The molecule has 0 heterocycles. The van der Waals surface area contributed by atoms with Gasteiger partial charge in [0, 0.05) is 17.4 Å². The fourth-order valence-electron chi connectivity index (χ4n) is 1.82. The Kier molecular flexibility index (Phi) is 4.77. The van der Waals surface area contributed by atoms with Crippen LogP contribution in [0.15, 0.2) is 42.5 Å². The highest BCUT2D eigenvalue weighted by Gasteiger charge is 2.11. The smallest absolute Gasteiger partial charge is 0.257 e. The van der Waals surface area contributed by atoms with Crippen molar-refractivity contribution in [1.29, 1.82) is 0 Å². The van der Waals surface area contributed by atoms with Crippen LogP contribution in [0.25, 0.3) is 0 Å². The number of benzene rings is 2. The Bertz CT molecular complexity index is 644. The second-order valence-electron chi connectivity index (χ2n) is 4.56. The third kappa shape index (κ3) is 3.95. The van der Waals surface area contributed by atoms with Gasteiger partial charge < -0.3 is 15.8 Å². The van der Waals surface area contributed by atoms with E-state index in [1.807, 2.05) is 13.0 Å². The lowest BCUT2D eigenvalue weighted by Gasteiger charge is -2.10. The Morgan fingerprint density at radius 3 is 2.81 bits per heavy atom. The molecular weight excluding hydrogens is 271 g/mol. The van der Waals surface area contributed by atoms with Crippen molar-refractivity contribution in [1.82, 2.24) is 0 Å². The number of nitrogens with two attached hydrogens (primary N) is 1. The van der Waals surface area contributed by atoms with Crippen LogP contribution in [0.5, 0.6) is 5.75 Å². The van der Waals surface area contributed by atoms with E-state index in [0.29, 0.717) is 18.0 Å². The van der Waals surface area contributed by atoms with Crippen molar-refractivity contribution in [2.75, 3.05) is 17.7 Å². The summed E-state index contributed by atoms with van der Waals surface area (Å²) in [5.41, 5.74) is 6.58. The highest BCUT2D eigenvalue weighted by molar-refractivity contribution is 6.07.